The number of carboxylic acids is 2. The molecule has 2 rings (SSSR count). The molecule has 0 saturated heterocycles. The average Bonchev–Trinajstić information content (AvgIpc) is 2.40. The van der Waals surface area contributed by atoms with Crippen LogP contribution in [0, 0.1) is 13.8 Å². The van der Waals surface area contributed by atoms with Crippen LogP contribution in [-0.2, 0) is 22.5 Å². The van der Waals surface area contributed by atoms with Crippen LogP contribution < -0.4 is 10.2 Å². The van der Waals surface area contributed by atoms with Gasteiger partial charge in [0, 0.05) is 12.4 Å². The Morgan fingerprint density at radius 1 is 0.720 bits per heavy atom. The number of carboxylic acid groups (broad SMARTS) is 2. The normalized spacial score (nSPS) is 7.44. The fraction of sp³-hybridized carbons (Fsp3) is 0.167. The molecule has 13 heteroatoms. The molecule has 0 spiro atoms. The summed E-state index contributed by atoms with van der Waals surface area (Å²) in [5, 5.41) is 20.2. The van der Waals surface area contributed by atoms with E-state index in [4.69, 9.17) is 0 Å². The second kappa shape index (κ2) is 16.3. The first kappa shape index (κ1) is 33.9. The predicted molar refractivity (Wildman–Crippen MR) is 77.9 cm³/mol. The molecule has 0 aliphatic heterocycles. The van der Waals surface area contributed by atoms with Gasteiger partial charge in [0.05, 0.1) is 35.7 Å². The maximum atomic E-state index is 10.1. The second-order valence-electron chi connectivity index (χ2n) is 3.66. The van der Waals surface area contributed by atoms with Crippen molar-refractivity contribution in [3.8, 4) is 0 Å². The van der Waals surface area contributed by atoms with Crippen molar-refractivity contribution in [2.24, 2.45) is 0 Å². The summed E-state index contributed by atoms with van der Waals surface area (Å²) in [4.78, 5) is 34.7. The third-order valence-corrected chi connectivity index (χ3v) is 1.98. The molecule has 12 nitrogen and oxygen atoms in total. The van der Waals surface area contributed by atoms with E-state index in [0.29, 0.717) is 11.4 Å². The number of rotatable bonds is 2. The van der Waals surface area contributed by atoms with E-state index in [1.54, 1.807) is 13.8 Å². The molecule has 25 heavy (non-hydrogen) atoms. The number of carbonyl (C=O) groups is 2. The van der Waals surface area contributed by atoms with Crippen molar-refractivity contribution >= 4 is 11.9 Å². The Labute approximate surface area is 152 Å². The van der Waals surface area contributed by atoms with Crippen LogP contribution in [0.15, 0.2) is 24.8 Å². The van der Waals surface area contributed by atoms with Crippen molar-refractivity contribution in [2.45, 2.75) is 13.8 Å². The molecule has 0 aliphatic rings. The van der Waals surface area contributed by atoms with Crippen molar-refractivity contribution in [3.05, 3.63) is 47.6 Å². The Kier molecular flexibility index (Phi) is 22.2. The van der Waals surface area contributed by atoms with Gasteiger partial charge < -0.3 is 41.7 Å². The molecule has 145 valence electrons. The Morgan fingerprint density at radius 3 is 1.16 bits per heavy atom. The monoisotopic (exact) mass is 410 g/mol. The van der Waals surface area contributed by atoms with Crippen LogP contribution in [0.25, 0.3) is 0 Å². The molecule has 0 atom stereocenters. The summed E-state index contributed by atoms with van der Waals surface area (Å²) < 4.78 is 0. The first-order valence-corrected chi connectivity index (χ1v) is 5.40. The largest absolute Gasteiger partial charge is 2.00 e. The van der Waals surface area contributed by atoms with Crippen molar-refractivity contribution in [2.75, 3.05) is 0 Å². The molecule has 2 heterocycles. The Hall–Kier alpha value is -2.54. The van der Waals surface area contributed by atoms with Crippen LogP contribution in [0.1, 0.15) is 32.4 Å². The smallest absolute Gasteiger partial charge is 0.543 e. The van der Waals surface area contributed by atoms with E-state index in [1.807, 2.05) is 0 Å². The number of hydrogen-bond donors (Lipinski definition) is 0. The number of aromatic carboxylic acids is 2. The molecule has 2 aromatic heterocycles. The van der Waals surface area contributed by atoms with Gasteiger partial charge in [-0.3, -0.25) is 19.9 Å². The number of carbonyl (C=O) groups excluding carboxylic acids is 2. The van der Waals surface area contributed by atoms with E-state index in [9.17, 15) is 19.8 Å². The van der Waals surface area contributed by atoms with E-state index in [2.05, 4.69) is 19.9 Å². The van der Waals surface area contributed by atoms with Gasteiger partial charge >= 0.3 is 17.1 Å². The molecule has 0 amide bonds. The SMILES string of the molecule is Cc1cnc(C(=O)[O-])cn1.Cc1cnc(C(=O)[O-])cn1.O.O.O.[Cu+2].[OH3+]. The summed E-state index contributed by atoms with van der Waals surface area (Å²) in [5.41, 5.74) is 1.10. The minimum absolute atomic E-state index is 0. The predicted octanol–water partition coefficient (Wildman–Crippen LogP) is -5.10. The van der Waals surface area contributed by atoms with Crippen LogP contribution in [0.3, 0.4) is 0 Å². The third-order valence-electron chi connectivity index (χ3n) is 1.98. The number of nitrogens with zero attached hydrogens (tertiary/aromatic N) is 4. The van der Waals surface area contributed by atoms with Crippen molar-refractivity contribution in [1.29, 1.82) is 0 Å². The van der Waals surface area contributed by atoms with Crippen LogP contribution in [0.4, 0.5) is 0 Å². The molecule has 0 saturated carbocycles. The van der Waals surface area contributed by atoms with Gasteiger partial charge in [0.2, 0.25) is 0 Å². The van der Waals surface area contributed by atoms with Gasteiger partial charge in [-0.1, -0.05) is 0 Å². The zero-order chi connectivity index (χ0) is 15.1. The van der Waals surface area contributed by atoms with E-state index < -0.39 is 11.9 Å². The molecule has 0 aliphatic carbocycles. The van der Waals surface area contributed by atoms with Crippen LogP contribution in [0.5, 0.6) is 0 Å². The van der Waals surface area contributed by atoms with Crippen molar-refractivity contribution in [1.82, 2.24) is 19.9 Å². The quantitative estimate of drug-likeness (QED) is 0.340. The molecule has 0 aromatic carbocycles. The van der Waals surface area contributed by atoms with Gasteiger partial charge in [0.15, 0.2) is 0 Å². The van der Waals surface area contributed by atoms with Crippen molar-refractivity contribution < 1.29 is 58.8 Å². The first-order chi connectivity index (χ1) is 9.40. The van der Waals surface area contributed by atoms with Crippen molar-refractivity contribution in [3.63, 3.8) is 0 Å². The van der Waals surface area contributed by atoms with E-state index in [-0.39, 0.29) is 50.4 Å². The standard InChI is InChI=1S/2C6H6N2O2.Cu.4H2O/c2*1-4-2-8-5(3-7-4)6(9)10;;;;;/h2*2-3H,1H3,(H,9,10);;4*1H2/q;;+2;;;;/p-1. The minimum atomic E-state index is -1.30. The molecule has 0 unspecified atom stereocenters. The summed E-state index contributed by atoms with van der Waals surface area (Å²) in [6, 6.07) is 0. The van der Waals surface area contributed by atoms with E-state index >= 15 is 0 Å². The molecule has 2 aromatic rings. The Morgan fingerprint density at radius 2 is 1.00 bits per heavy atom. The van der Waals surface area contributed by atoms with Gasteiger partial charge in [-0.15, -0.1) is 0 Å². The van der Waals surface area contributed by atoms with Crippen LogP contribution in [0.2, 0.25) is 0 Å². The second-order valence-corrected chi connectivity index (χ2v) is 3.66. The summed E-state index contributed by atoms with van der Waals surface area (Å²) in [5.74, 6) is -2.60. The Bertz CT molecular complexity index is 554. The number of hydrogen-bond acceptors (Lipinski definition) is 8. The topological polar surface area (TPSA) is 259 Å². The zero-order valence-corrected chi connectivity index (χ0v) is 14.1. The molecular weight excluding hydrogens is 392 g/mol. The molecule has 9 N–H and O–H groups in total. The van der Waals surface area contributed by atoms with E-state index in [1.165, 1.54) is 24.8 Å². The van der Waals surface area contributed by atoms with Crippen LogP contribution >= 0.6 is 0 Å². The van der Waals surface area contributed by atoms with Crippen LogP contribution in [-0.4, -0.2) is 48.3 Å². The average molecular weight is 411 g/mol. The summed E-state index contributed by atoms with van der Waals surface area (Å²) in [6.45, 7) is 3.46. The maximum absolute atomic E-state index is 10.1. The molecule has 1 radical (unpaired) electrons. The van der Waals surface area contributed by atoms with E-state index in [0.717, 1.165) is 0 Å². The fourth-order valence-corrected chi connectivity index (χ4v) is 0.996. The first-order valence-electron chi connectivity index (χ1n) is 5.40. The Balaban J connectivity index is -0.0000000889. The summed E-state index contributed by atoms with van der Waals surface area (Å²) in [6.07, 6.45) is 5.10. The van der Waals surface area contributed by atoms with Gasteiger partial charge in [0.25, 0.3) is 0 Å². The number of aryl methyl sites for hydroxylation is 2. The summed E-state index contributed by atoms with van der Waals surface area (Å²) in [7, 11) is 0. The van der Waals surface area contributed by atoms with Gasteiger partial charge in [-0.2, -0.15) is 0 Å². The maximum Gasteiger partial charge on any atom is 2.00 e. The molecule has 0 bridgehead atoms. The van der Waals surface area contributed by atoms with Gasteiger partial charge in [-0.25, -0.2) is 0 Å². The molecule has 0 fully saturated rings. The zero-order valence-electron chi connectivity index (χ0n) is 13.1. The minimum Gasteiger partial charge on any atom is -0.543 e. The fourth-order valence-electron chi connectivity index (χ4n) is 0.996. The molecular formula is C12H19CuN4O8+. The van der Waals surface area contributed by atoms with Gasteiger partial charge in [0.1, 0.15) is 11.4 Å². The van der Waals surface area contributed by atoms with Gasteiger partial charge in [-0.05, 0) is 13.8 Å². The number of aromatic nitrogens is 4. The third kappa shape index (κ3) is 12.5. The summed E-state index contributed by atoms with van der Waals surface area (Å²) >= 11 is 0.